The second-order valence-electron chi connectivity index (χ2n) is 11.1. The van der Waals surface area contributed by atoms with Gasteiger partial charge >= 0.3 is 0 Å². The van der Waals surface area contributed by atoms with E-state index in [0.717, 1.165) is 29.1 Å². The van der Waals surface area contributed by atoms with E-state index >= 15 is 0 Å². The summed E-state index contributed by atoms with van der Waals surface area (Å²) < 4.78 is 30.2. The molecule has 2 fully saturated rings. The Labute approximate surface area is 204 Å². The Morgan fingerprint density at radius 3 is 2.47 bits per heavy atom. The Bertz CT molecular complexity index is 1050. The quantitative estimate of drug-likeness (QED) is 0.682. The number of hydrogen-bond donors (Lipinski definition) is 1. The third-order valence-electron chi connectivity index (χ3n) is 7.53. The minimum atomic E-state index is -3.72. The minimum absolute atomic E-state index is 0.0357. The van der Waals surface area contributed by atoms with Crippen LogP contribution in [0.15, 0.2) is 24.3 Å². The first-order chi connectivity index (χ1) is 16.0. The molecule has 7 nitrogen and oxygen atoms in total. The number of primary sulfonamides is 1. The van der Waals surface area contributed by atoms with Gasteiger partial charge in [0, 0.05) is 30.5 Å². The number of morpholine rings is 1. The fraction of sp³-hybridized carbons (Fsp3) is 0.654. The maximum Gasteiger partial charge on any atom is 0.253 e. The average molecular weight is 490 g/mol. The summed E-state index contributed by atoms with van der Waals surface area (Å²) in [6.07, 6.45) is 7.96. The van der Waals surface area contributed by atoms with Gasteiger partial charge in [-0.1, -0.05) is 46.1 Å². The van der Waals surface area contributed by atoms with Crippen LogP contribution in [0.1, 0.15) is 70.9 Å². The molecule has 1 aromatic rings. The highest BCUT2D eigenvalue weighted by Gasteiger charge is 2.39. The molecule has 2 N–H and O–H groups in total. The van der Waals surface area contributed by atoms with Gasteiger partial charge < -0.3 is 14.5 Å². The van der Waals surface area contributed by atoms with Crippen molar-refractivity contribution in [2.45, 2.75) is 76.5 Å². The van der Waals surface area contributed by atoms with E-state index in [1.54, 1.807) is 0 Å². The summed E-state index contributed by atoms with van der Waals surface area (Å²) in [7, 11) is -3.72. The predicted molar refractivity (Wildman–Crippen MR) is 136 cm³/mol. The first-order valence-corrected chi connectivity index (χ1v) is 14.1. The number of hydrogen-bond acceptors (Lipinski definition) is 5. The van der Waals surface area contributed by atoms with Crippen LogP contribution in [0.25, 0.3) is 5.70 Å². The molecular formula is C26H39N3O4S. The molecule has 3 aliphatic rings. The number of anilines is 1. The number of benzene rings is 1. The summed E-state index contributed by atoms with van der Waals surface area (Å²) in [5, 5.41) is 4.92. The predicted octanol–water partition coefficient (Wildman–Crippen LogP) is 3.63. The maximum atomic E-state index is 12.6. The Hall–Kier alpha value is -1.90. The summed E-state index contributed by atoms with van der Waals surface area (Å²) in [4.78, 5) is 16.7. The lowest BCUT2D eigenvalue weighted by Gasteiger charge is -2.36. The molecule has 2 heterocycles. The highest BCUT2D eigenvalue weighted by molar-refractivity contribution is 7.90. The molecule has 0 bridgehead atoms. The van der Waals surface area contributed by atoms with E-state index in [-0.39, 0.29) is 24.0 Å². The molecule has 1 aliphatic carbocycles. The molecule has 188 valence electrons. The van der Waals surface area contributed by atoms with Crippen molar-refractivity contribution in [3.05, 3.63) is 35.4 Å². The molecule has 0 aromatic heterocycles. The lowest BCUT2D eigenvalue weighted by Crippen LogP contribution is -2.43. The van der Waals surface area contributed by atoms with Crippen LogP contribution in [-0.4, -0.2) is 56.8 Å². The molecule has 2 unspecified atom stereocenters. The van der Waals surface area contributed by atoms with Crippen molar-refractivity contribution >= 4 is 27.3 Å². The molecule has 8 heteroatoms. The summed E-state index contributed by atoms with van der Waals surface area (Å²) in [6, 6.07) is 5.94. The lowest BCUT2D eigenvalue weighted by molar-refractivity contribution is -0.125. The third-order valence-corrected chi connectivity index (χ3v) is 8.82. The van der Waals surface area contributed by atoms with Gasteiger partial charge in [-0.25, -0.2) is 13.6 Å². The Balaban J connectivity index is 1.75. The zero-order valence-corrected chi connectivity index (χ0v) is 21.7. The van der Waals surface area contributed by atoms with Crippen LogP contribution in [-0.2, 0) is 25.0 Å². The molecule has 1 saturated heterocycles. The van der Waals surface area contributed by atoms with Gasteiger partial charge in [-0.2, -0.15) is 0 Å². The average Bonchev–Trinajstić information content (AvgIpc) is 3.10. The van der Waals surface area contributed by atoms with Gasteiger partial charge in [0.1, 0.15) is 11.9 Å². The largest absolute Gasteiger partial charge is 0.370 e. The first kappa shape index (κ1) is 25.2. The molecular weight excluding hydrogens is 450 g/mol. The maximum absolute atomic E-state index is 12.6. The minimum Gasteiger partial charge on any atom is -0.370 e. The van der Waals surface area contributed by atoms with Crippen LogP contribution in [0, 0.1) is 5.92 Å². The van der Waals surface area contributed by atoms with E-state index in [0.29, 0.717) is 19.1 Å². The van der Waals surface area contributed by atoms with Gasteiger partial charge in [0.05, 0.1) is 6.61 Å². The summed E-state index contributed by atoms with van der Waals surface area (Å²) >= 11 is 0. The molecule has 4 rings (SSSR count). The Kier molecular flexibility index (Phi) is 7.14. The molecule has 34 heavy (non-hydrogen) atoms. The summed E-state index contributed by atoms with van der Waals surface area (Å²) in [5.74, 6) is 0.526. The first-order valence-electron chi connectivity index (χ1n) is 12.5. The standard InChI is InChI=1S/C26H39N3O4S/c1-18-24(34(27,31)32)15-23(29(18)16-19-8-6-5-7-9-19)20-10-11-22(21(14-20)26(2,3)4)28-12-13-33-17-25(28)30/h10-11,14-15,18-19,24H,5-9,12-13,16-17H2,1-4H3,(H2,27,31,32). The van der Waals surface area contributed by atoms with E-state index in [1.807, 2.05) is 30.0 Å². The van der Waals surface area contributed by atoms with Crippen LogP contribution in [0.3, 0.4) is 0 Å². The molecule has 1 amide bonds. The van der Waals surface area contributed by atoms with E-state index in [4.69, 9.17) is 9.88 Å². The van der Waals surface area contributed by atoms with Gasteiger partial charge in [-0.3, -0.25) is 4.79 Å². The van der Waals surface area contributed by atoms with E-state index < -0.39 is 15.3 Å². The molecule has 0 spiro atoms. The van der Waals surface area contributed by atoms with Gasteiger partial charge in [-0.15, -0.1) is 0 Å². The molecule has 0 radical (unpaired) electrons. The van der Waals surface area contributed by atoms with Crippen LogP contribution < -0.4 is 10.0 Å². The van der Waals surface area contributed by atoms with E-state index in [2.05, 4.69) is 31.7 Å². The third kappa shape index (κ3) is 5.19. The van der Waals surface area contributed by atoms with Crippen molar-refractivity contribution in [3.63, 3.8) is 0 Å². The zero-order valence-electron chi connectivity index (χ0n) is 20.9. The van der Waals surface area contributed by atoms with Gasteiger partial charge in [0.2, 0.25) is 10.0 Å². The second-order valence-corrected chi connectivity index (χ2v) is 12.8. The summed E-state index contributed by atoms with van der Waals surface area (Å²) in [6.45, 7) is 10.4. The summed E-state index contributed by atoms with van der Waals surface area (Å²) in [5.41, 5.74) is 3.66. The topological polar surface area (TPSA) is 92.9 Å². The van der Waals surface area contributed by atoms with Gasteiger partial charge in [0.25, 0.3) is 5.91 Å². The monoisotopic (exact) mass is 489 g/mol. The Morgan fingerprint density at radius 2 is 1.85 bits per heavy atom. The van der Waals surface area contributed by atoms with Crippen molar-refractivity contribution in [1.29, 1.82) is 0 Å². The lowest BCUT2D eigenvalue weighted by atomic mass is 9.83. The molecule has 2 aliphatic heterocycles. The number of nitrogens with zero attached hydrogens (tertiary/aromatic N) is 2. The second kappa shape index (κ2) is 9.63. The van der Waals surface area contributed by atoms with E-state index in [9.17, 15) is 13.2 Å². The fourth-order valence-electron chi connectivity index (χ4n) is 5.64. The number of carbonyl (C=O) groups excluding carboxylic acids is 1. The number of amides is 1. The van der Waals surface area contributed by atoms with Crippen molar-refractivity contribution in [2.75, 3.05) is 31.2 Å². The van der Waals surface area contributed by atoms with Gasteiger partial charge in [-0.05, 0) is 60.4 Å². The van der Waals surface area contributed by atoms with Crippen molar-refractivity contribution < 1.29 is 17.9 Å². The van der Waals surface area contributed by atoms with Crippen LogP contribution in [0.4, 0.5) is 5.69 Å². The number of ether oxygens (including phenoxy) is 1. The smallest absolute Gasteiger partial charge is 0.253 e. The number of sulfonamides is 1. The molecule has 1 aromatic carbocycles. The fourth-order valence-corrected chi connectivity index (χ4v) is 6.65. The van der Waals surface area contributed by atoms with Crippen molar-refractivity contribution in [3.8, 4) is 0 Å². The molecule has 1 saturated carbocycles. The van der Waals surface area contributed by atoms with Crippen LogP contribution in [0.2, 0.25) is 0 Å². The zero-order chi connectivity index (χ0) is 24.7. The Morgan fingerprint density at radius 1 is 1.15 bits per heavy atom. The van der Waals surface area contributed by atoms with Crippen LogP contribution >= 0.6 is 0 Å². The molecule has 2 atom stereocenters. The number of rotatable bonds is 5. The SMILES string of the molecule is CC1C(S(N)(=O)=O)C=C(c2ccc(N3CCOCC3=O)c(C(C)(C)C)c2)N1CC1CCCCC1. The van der Waals surface area contributed by atoms with Gasteiger partial charge in [0.15, 0.2) is 0 Å². The van der Waals surface area contributed by atoms with Crippen molar-refractivity contribution in [1.82, 2.24) is 4.90 Å². The highest BCUT2D eigenvalue weighted by Crippen LogP contribution is 2.40. The van der Waals surface area contributed by atoms with Crippen molar-refractivity contribution in [2.24, 2.45) is 11.1 Å². The number of carbonyl (C=O) groups is 1. The number of nitrogens with two attached hydrogens (primary N) is 1. The highest BCUT2D eigenvalue weighted by atomic mass is 32.2. The van der Waals surface area contributed by atoms with E-state index in [1.165, 1.54) is 32.1 Å². The normalized spacial score (nSPS) is 25.1. The van der Waals surface area contributed by atoms with Crippen LogP contribution in [0.5, 0.6) is 0 Å².